The maximum atomic E-state index is 9.39. The van der Waals surface area contributed by atoms with Crippen molar-refractivity contribution in [2.75, 3.05) is 39.6 Å². The first-order valence-electron chi connectivity index (χ1n) is 11.2. The van der Waals surface area contributed by atoms with Gasteiger partial charge in [0, 0.05) is 13.2 Å². The van der Waals surface area contributed by atoms with Crippen LogP contribution >= 0.6 is 0 Å². The molecular formula is C18H46O9Si4. The van der Waals surface area contributed by atoms with Gasteiger partial charge in [0.2, 0.25) is 0 Å². The summed E-state index contributed by atoms with van der Waals surface area (Å²) in [6.45, 7) is 13.3. The first-order chi connectivity index (χ1) is 14.4. The molecule has 0 spiro atoms. The van der Waals surface area contributed by atoms with Crippen molar-refractivity contribution in [2.24, 2.45) is 0 Å². The Morgan fingerprint density at radius 1 is 0.742 bits per heavy atom. The monoisotopic (exact) mass is 518 g/mol. The van der Waals surface area contributed by atoms with Crippen LogP contribution in [0.3, 0.4) is 0 Å². The van der Waals surface area contributed by atoms with Crippen LogP contribution in [0.1, 0.15) is 12.8 Å². The molecular weight excluding hydrogens is 473 g/mol. The maximum absolute atomic E-state index is 9.39. The molecule has 0 amide bonds. The van der Waals surface area contributed by atoms with Crippen molar-refractivity contribution < 1.29 is 42.2 Å². The van der Waals surface area contributed by atoms with E-state index in [1.165, 1.54) is 0 Å². The van der Waals surface area contributed by atoms with Gasteiger partial charge < -0.3 is 42.2 Å². The molecule has 13 heteroatoms. The number of ether oxygens (including phenoxy) is 2. The quantitative estimate of drug-likeness (QED) is 0.136. The Balaban J connectivity index is 4.88. The molecule has 0 aromatic heterocycles. The first kappa shape index (κ1) is 31.5. The zero-order valence-corrected chi connectivity index (χ0v) is 24.7. The van der Waals surface area contributed by atoms with Gasteiger partial charge in [-0.25, -0.2) is 0 Å². The normalized spacial score (nSPS) is 18.8. The van der Waals surface area contributed by atoms with E-state index in [9.17, 15) is 10.2 Å². The highest BCUT2D eigenvalue weighted by molar-refractivity contribution is 6.87. The lowest BCUT2D eigenvalue weighted by atomic mass is 10.4. The average Bonchev–Trinajstić information content (AvgIpc) is 2.65. The molecule has 0 bridgehead atoms. The Hall–Kier alpha value is 0.508. The Kier molecular flexibility index (Phi) is 16.5. The van der Waals surface area contributed by atoms with E-state index >= 15 is 0 Å². The molecule has 4 unspecified atom stereocenters. The van der Waals surface area contributed by atoms with Crippen LogP contribution in [-0.2, 0) is 21.8 Å². The molecule has 0 aliphatic rings. The minimum atomic E-state index is -2.52. The van der Waals surface area contributed by atoms with Gasteiger partial charge >= 0.3 is 17.1 Å². The van der Waals surface area contributed by atoms with Gasteiger partial charge in [-0.2, -0.15) is 0 Å². The van der Waals surface area contributed by atoms with Gasteiger partial charge in [-0.3, -0.25) is 0 Å². The molecule has 0 fully saturated rings. The highest BCUT2D eigenvalue weighted by atomic mass is 28.5. The molecule has 9 nitrogen and oxygen atoms in total. The fourth-order valence-corrected chi connectivity index (χ4v) is 19.2. The molecule has 188 valence electrons. The minimum Gasteiger partial charge on any atom is -0.442 e. The summed E-state index contributed by atoms with van der Waals surface area (Å²) in [5, 5.41) is 36.5. The maximum Gasteiger partial charge on any atom is 0.315 e. The van der Waals surface area contributed by atoms with Gasteiger partial charge in [0.15, 0.2) is 8.32 Å². The van der Waals surface area contributed by atoms with Crippen LogP contribution in [-0.4, -0.2) is 107 Å². The van der Waals surface area contributed by atoms with Crippen LogP contribution in [0.15, 0.2) is 0 Å². The standard InChI is InChI=1S/C18H46O9Si4/c1-28-25-30(5,11-7-9-23-15-17(21)13-19)27-31(6,26-29(2,3)4)12-8-10-24-16-18(22)14-20/h17-22H,7-16,28H2,1-6H3. The van der Waals surface area contributed by atoms with E-state index in [4.69, 9.17) is 32.0 Å². The van der Waals surface area contributed by atoms with Crippen LogP contribution in [0.2, 0.25) is 51.4 Å². The summed E-state index contributed by atoms with van der Waals surface area (Å²) in [5.74, 6) is 0. The minimum absolute atomic E-state index is 0.118. The lowest BCUT2D eigenvalue weighted by Crippen LogP contribution is -2.56. The molecule has 31 heavy (non-hydrogen) atoms. The third-order valence-electron chi connectivity index (χ3n) is 4.28. The third-order valence-corrected chi connectivity index (χ3v) is 18.0. The van der Waals surface area contributed by atoms with Gasteiger partial charge in [-0.15, -0.1) is 0 Å². The first-order valence-corrected chi connectivity index (χ1v) is 21.6. The molecule has 0 aromatic carbocycles. The lowest BCUT2D eigenvalue weighted by molar-refractivity contribution is 0.00604. The molecule has 0 aliphatic carbocycles. The van der Waals surface area contributed by atoms with E-state index in [-0.39, 0.29) is 26.4 Å². The summed E-state index contributed by atoms with van der Waals surface area (Å²) < 4.78 is 30.5. The van der Waals surface area contributed by atoms with Crippen molar-refractivity contribution in [1.82, 2.24) is 0 Å². The van der Waals surface area contributed by atoms with Crippen molar-refractivity contribution in [1.29, 1.82) is 0 Å². The summed E-state index contributed by atoms with van der Waals surface area (Å²) in [5.41, 5.74) is 0. The number of rotatable bonds is 20. The van der Waals surface area contributed by atoms with Crippen LogP contribution in [0.5, 0.6) is 0 Å². The van der Waals surface area contributed by atoms with E-state index in [1.54, 1.807) is 0 Å². The van der Waals surface area contributed by atoms with Crippen molar-refractivity contribution in [2.45, 2.75) is 76.4 Å². The Labute approximate surface area is 193 Å². The second kappa shape index (κ2) is 16.2. The van der Waals surface area contributed by atoms with Gasteiger partial charge in [0.25, 0.3) is 0 Å². The predicted octanol–water partition coefficient (Wildman–Crippen LogP) is 0.667. The second-order valence-corrected chi connectivity index (χ2v) is 22.2. The molecule has 0 rings (SSSR count). The van der Waals surface area contributed by atoms with Crippen LogP contribution in [0.25, 0.3) is 0 Å². The summed E-state index contributed by atoms with van der Waals surface area (Å²) in [7, 11) is -7.48. The van der Waals surface area contributed by atoms with Crippen molar-refractivity contribution in [3.05, 3.63) is 0 Å². The average molecular weight is 519 g/mol. The van der Waals surface area contributed by atoms with Crippen LogP contribution in [0, 0.1) is 0 Å². The number of aliphatic hydroxyl groups is 4. The summed E-state index contributed by atoms with van der Waals surface area (Å²) in [4.78, 5) is 0. The number of aliphatic hydroxyl groups excluding tert-OH is 4. The molecule has 0 saturated carbocycles. The van der Waals surface area contributed by atoms with Crippen LogP contribution in [0.4, 0.5) is 0 Å². The van der Waals surface area contributed by atoms with E-state index in [1.807, 2.05) is 0 Å². The summed E-state index contributed by atoms with van der Waals surface area (Å²) in [6.07, 6.45) is -0.186. The second-order valence-electron chi connectivity index (χ2n) is 9.05. The third kappa shape index (κ3) is 16.7. The predicted molar refractivity (Wildman–Crippen MR) is 131 cm³/mol. The fraction of sp³-hybridized carbons (Fsp3) is 1.00. The molecule has 0 radical (unpaired) electrons. The van der Waals surface area contributed by atoms with E-state index in [0.717, 1.165) is 24.9 Å². The van der Waals surface area contributed by atoms with E-state index in [2.05, 4.69) is 39.3 Å². The molecule has 0 saturated heterocycles. The van der Waals surface area contributed by atoms with Crippen molar-refractivity contribution in [3.8, 4) is 0 Å². The molecule has 0 heterocycles. The van der Waals surface area contributed by atoms with Gasteiger partial charge in [0.1, 0.15) is 22.0 Å². The van der Waals surface area contributed by atoms with Crippen molar-refractivity contribution in [3.63, 3.8) is 0 Å². The largest absolute Gasteiger partial charge is 0.442 e. The molecule has 4 N–H and O–H groups in total. The zero-order valence-electron chi connectivity index (χ0n) is 20.3. The van der Waals surface area contributed by atoms with E-state index in [0.29, 0.717) is 13.2 Å². The summed E-state index contributed by atoms with van der Waals surface area (Å²) >= 11 is 0. The Bertz CT molecular complexity index is 458. The van der Waals surface area contributed by atoms with Crippen molar-refractivity contribution >= 4 is 35.2 Å². The van der Waals surface area contributed by atoms with Gasteiger partial charge in [0.05, 0.1) is 26.4 Å². The molecule has 4 atom stereocenters. The molecule has 0 aromatic rings. The topological polar surface area (TPSA) is 127 Å². The number of hydrogen-bond acceptors (Lipinski definition) is 9. The Morgan fingerprint density at radius 2 is 1.19 bits per heavy atom. The van der Waals surface area contributed by atoms with Gasteiger partial charge in [-0.1, -0.05) is 6.55 Å². The lowest BCUT2D eigenvalue weighted by Gasteiger charge is -2.40. The summed E-state index contributed by atoms with van der Waals surface area (Å²) in [6, 6.07) is 1.54. The van der Waals surface area contributed by atoms with Gasteiger partial charge in [-0.05, 0) is 57.7 Å². The van der Waals surface area contributed by atoms with Crippen LogP contribution < -0.4 is 0 Å². The number of hydrogen-bond donors (Lipinski definition) is 4. The van der Waals surface area contributed by atoms with E-state index < -0.39 is 47.4 Å². The zero-order chi connectivity index (χ0) is 24.0. The SMILES string of the molecule is C[SiH2]O[Si](C)(CCCOCC(O)CO)O[Si](C)(CCCOCC(O)CO)O[Si](C)(C)C. The smallest absolute Gasteiger partial charge is 0.315 e. The highest BCUT2D eigenvalue weighted by Crippen LogP contribution is 2.28. The fourth-order valence-electron chi connectivity index (χ4n) is 3.22. The highest BCUT2D eigenvalue weighted by Gasteiger charge is 2.44. The Morgan fingerprint density at radius 3 is 1.58 bits per heavy atom. The molecule has 0 aliphatic heterocycles.